The van der Waals surface area contributed by atoms with Crippen molar-refractivity contribution in [2.45, 2.75) is 97.0 Å². The standard InChI is InChI=1S/C31H42N2O4/c1-30-16-14-23(37-29(35)9-5-3-4-8-28(34)33-36)19-22(30)10-11-24-26-13-12-25(21-7-6-18-32-20-21)31(26,2)17-15-27(24)30/h6-7,10,12,18,20,23-24,26-27,36H,3-5,8-9,11,13-17,19H2,1-2H3,(H,33,34)/t23-,24?,26?,27?,30-,31+/m0/s1. The molecule has 3 unspecified atom stereocenters. The van der Waals surface area contributed by atoms with Gasteiger partial charge in [0.15, 0.2) is 0 Å². The number of aromatic nitrogens is 1. The maximum atomic E-state index is 12.5. The fraction of sp³-hybridized carbons (Fsp3) is 0.645. The summed E-state index contributed by atoms with van der Waals surface area (Å²) in [7, 11) is 0. The molecule has 0 spiro atoms. The smallest absolute Gasteiger partial charge is 0.306 e. The topological polar surface area (TPSA) is 88.5 Å². The summed E-state index contributed by atoms with van der Waals surface area (Å²) < 4.78 is 5.91. The minimum atomic E-state index is -0.378. The van der Waals surface area contributed by atoms with Crippen LogP contribution >= 0.6 is 0 Å². The van der Waals surface area contributed by atoms with Gasteiger partial charge >= 0.3 is 5.97 Å². The number of carbonyl (C=O) groups is 2. The second-order valence-corrected chi connectivity index (χ2v) is 12.3. The van der Waals surface area contributed by atoms with Crippen LogP contribution < -0.4 is 5.48 Å². The molecule has 0 aromatic carbocycles. The van der Waals surface area contributed by atoms with Gasteiger partial charge in [-0.2, -0.15) is 0 Å². The molecule has 4 aliphatic rings. The van der Waals surface area contributed by atoms with Gasteiger partial charge in [0.05, 0.1) is 0 Å². The number of hydroxylamine groups is 1. The van der Waals surface area contributed by atoms with Gasteiger partial charge in [0.25, 0.3) is 0 Å². The predicted octanol–water partition coefficient (Wildman–Crippen LogP) is 6.41. The molecule has 0 aliphatic heterocycles. The summed E-state index contributed by atoms with van der Waals surface area (Å²) in [4.78, 5) is 27.9. The summed E-state index contributed by atoms with van der Waals surface area (Å²) in [6, 6.07) is 4.27. The van der Waals surface area contributed by atoms with E-state index in [1.807, 2.05) is 12.4 Å². The van der Waals surface area contributed by atoms with Gasteiger partial charge < -0.3 is 4.74 Å². The Labute approximate surface area is 220 Å². The van der Waals surface area contributed by atoms with E-state index in [0.717, 1.165) is 32.1 Å². The molecule has 1 aromatic heterocycles. The molecule has 1 amide bonds. The third-order valence-electron chi connectivity index (χ3n) is 10.3. The van der Waals surface area contributed by atoms with Crippen LogP contribution in [0.3, 0.4) is 0 Å². The molecular weight excluding hydrogens is 464 g/mol. The lowest BCUT2D eigenvalue weighted by atomic mass is 9.47. The van der Waals surface area contributed by atoms with Gasteiger partial charge in [-0.15, -0.1) is 0 Å². The lowest BCUT2D eigenvalue weighted by Gasteiger charge is -2.57. The lowest BCUT2D eigenvalue weighted by molar-refractivity contribution is -0.151. The van der Waals surface area contributed by atoms with Crippen molar-refractivity contribution >= 4 is 17.4 Å². The molecular formula is C31H42N2O4. The highest BCUT2D eigenvalue weighted by atomic mass is 16.5. The molecule has 6 nitrogen and oxygen atoms in total. The maximum absolute atomic E-state index is 12.5. The fourth-order valence-electron chi connectivity index (χ4n) is 8.30. The zero-order chi connectivity index (χ0) is 26.0. The quantitative estimate of drug-likeness (QED) is 0.140. The van der Waals surface area contributed by atoms with Gasteiger partial charge in [0.1, 0.15) is 6.10 Å². The van der Waals surface area contributed by atoms with Crippen molar-refractivity contribution in [2.24, 2.45) is 28.6 Å². The number of hydrogen-bond donors (Lipinski definition) is 2. The van der Waals surface area contributed by atoms with Crippen molar-refractivity contribution < 1.29 is 19.5 Å². The second-order valence-electron chi connectivity index (χ2n) is 12.3. The van der Waals surface area contributed by atoms with E-state index in [0.29, 0.717) is 37.0 Å². The van der Waals surface area contributed by atoms with Crippen LogP contribution in [0.2, 0.25) is 0 Å². The molecule has 2 saturated carbocycles. The summed E-state index contributed by atoms with van der Waals surface area (Å²) in [5.41, 5.74) is 6.43. The number of nitrogens with zero attached hydrogens (tertiary/aromatic N) is 1. The molecule has 0 bridgehead atoms. The summed E-state index contributed by atoms with van der Waals surface area (Å²) in [5.74, 6) is 1.61. The van der Waals surface area contributed by atoms with Crippen molar-refractivity contribution in [2.75, 3.05) is 0 Å². The van der Waals surface area contributed by atoms with E-state index in [-0.39, 0.29) is 35.2 Å². The number of pyridine rings is 1. The Morgan fingerprint density at radius 3 is 2.65 bits per heavy atom. The number of carbonyl (C=O) groups excluding carboxylic acids is 2. The number of rotatable bonds is 8. The molecule has 0 radical (unpaired) electrons. The first-order valence-corrected chi connectivity index (χ1v) is 14.3. The molecule has 1 heterocycles. The number of unbranched alkanes of at least 4 members (excludes halogenated alkanes) is 2. The largest absolute Gasteiger partial charge is 0.462 e. The maximum Gasteiger partial charge on any atom is 0.306 e. The molecule has 1 aromatic rings. The number of esters is 1. The second kappa shape index (κ2) is 10.7. The number of ether oxygens (including phenoxy) is 1. The molecule has 2 N–H and O–H groups in total. The van der Waals surface area contributed by atoms with E-state index in [2.05, 4.69) is 43.1 Å². The Morgan fingerprint density at radius 1 is 1.05 bits per heavy atom. The average Bonchev–Trinajstić information content (AvgIpc) is 3.26. The highest BCUT2D eigenvalue weighted by molar-refractivity contribution is 5.74. The minimum Gasteiger partial charge on any atom is -0.462 e. The fourth-order valence-corrected chi connectivity index (χ4v) is 8.30. The summed E-state index contributed by atoms with van der Waals surface area (Å²) in [6.07, 6.45) is 19.5. The Morgan fingerprint density at radius 2 is 1.86 bits per heavy atom. The number of nitrogens with one attached hydrogen (secondary N) is 1. The van der Waals surface area contributed by atoms with Crippen LogP contribution in [0.15, 0.2) is 42.3 Å². The van der Waals surface area contributed by atoms with E-state index in [9.17, 15) is 9.59 Å². The van der Waals surface area contributed by atoms with Crippen molar-refractivity contribution in [3.05, 3.63) is 47.8 Å². The van der Waals surface area contributed by atoms with Crippen LogP contribution in [-0.2, 0) is 14.3 Å². The SMILES string of the molecule is C[C@]12CC[C@H](OC(=O)CCCCCC(=O)NO)CC1=CCC1C2CC[C@]2(C)C(c3cccnc3)=CCC12. The Bertz CT molecular complexity index is 1070. The van der Waals surface area contributed by atoms with Gasteiger partial charge in [0.2, 0.25) is 5.91 Å². The summed E-state index contributed by atoms with van der Waals surface area (Å²) >= 11 is 0. The van der Waals surface area contributed by atoms with Crippen molar-refractivity contribution in [3.8, 4) is 0 Å². The highest BCUT2D eigenvalue weighted by Crippen LogP contribution is 2.66. The van der Waals surface area contributed by atoms with Crippen LogP contribution in [0.5, 0.6) is 0 Å². The number of hydrogen-bond acceptors (Lipinski definition) is 5. The van der Waals surface area contributed by atoms with Crippen molar-refractivity contribution in [3.63, 3.8) is 0 Å². The normalized spacial score (nSPS) is 34.4. The molecule has 4 aliphatic carbocycles. The number of fused-ring (bicyclic) bond motifs is 5. The zero-order valence-corrected chi connectivity index (χ0v) is 22.4. The molecule has 2 fully saturated rings. The monoisotopic (exact) mass is 506 g/mol. The van der Waals surface area contributed by atoms with E-state index in [4.69, 9.17) is 9.94 Å². The highest BCUT2D eigenvalue weighted by Gasteiger charge is 2.57. The Balaban J connectivity index is 1.18. The van der Waals surface area contributed by atoms with Crippen LogP contribution in [-0.4, -0.2) is 28.2 Å². The molecule has 6 heteroatoms. The van der Waals surface area contributed by atoms with Crippen molar-refractivity contribution in [1.29, 1.82) is 0 Å². The van der Waals surface area contributed by atoms with Gasteiger partial charge in [-0.05, 0) is 97.2 Å². The van der Waals surface area contributed by atoms with Gasteiger partial charge in [0, 0.05) is 31.7 Å². The van der Waals surface area contributed by atoms with Crippen LogP contribution in [0.25, 0.3) is 5.57 Å². The van der Waals surface area contributed by atoms with Gasteiger partial charge in [-0.25, -0.2) is 5.48 Å². The first-order chi connectivity index (χ1) is 17.8. The third kappa shape index (κ3) is 5.01. The number of amides is 1. The van der Waals surface area contributed by atoms with Gasteiger partial charge in [-0.1, -0.05) is 44.1 Å². The van der Waals surface area contributed by atoms with Crippen LogP contribution in [0, 0.1) is 28.6 Å². The predicted molar refractivity (Wildman–Crippen MR) is 142 cm³/mol. The van der Waals surface area contributed by atoms with E-state index in [1.54, 1.807) is 5.48 Å². The van der Waals surface area contributed by atoms with E-state index < -0.39 is 0 Å². The molecule has 0 saturated heterocycles. The molecule has 6 atom stereocenters. The Kier molecular flexibility index (Phi) is 7.58. The Hall–Kier alpha value is -2.47. The van der Waals surface area contributed by atoms with E-state index >= 15 is 0 Å². The van der Waals surface area contributed by atoms with Crippen molar-refractivity contribution in [1.82, 2.24) is 10.5 Å². The third-order valence-corrected chi connectivity index (χ3v) is 10.3. The van der Waals surface area contributed by atoms with Crippen LogP contribution in [0.4, 0.5) is 0 Å². The molecule has 5 rings (SSSR count). The van der Waals surface area contributed by atoms with E-state index in [1.165, 1.54) is 36.0 Å². The number of allylic oxidation sites excluding steroid dienone is 3. The minimum absolute atomic E-state index is 0.0114. The van der Waals surface area contributed by atoms with Gasteiger partial charge in [-0.3, -0.25) is 19.8 Å². The van der Waals surface area contributed by atoms with Crippen LogP contribution in [0.1, 0.15) is 96.5 Å². The zero-order valence-electron chi connectivity index (χ0n) is 22.4. The first kappa shape index (κ1) is 26.1. The summed E-state index contributed by atoms with van der Waals surface area (Å²) in [6.45, 7) is 4.99. The average molecular weight is 507 g/mol. The molecule has 200 valence electrons. The summed E-state index contributed by atoms with van der Waals surface area (Å²) in [5, 5.41) is 8.55. The molecule has 37 heavy (non-hydrogen) atoms. The lowest BCUT2D eigenvalue weighted by Crippen LogP contribution is -2.50. The first-order valence-electron chi connectivity index (χ1n) is 14.3.